The summed E-state index contributed by atoms with van der Waals surface area (Å²) in [6.45, 7) is 7.76. The van der Waals surface area contributed by atoms with Crippen molar-refractivity contribution in [2.45, 2.75) is 70.9 Å². The third kappa shape index (κ3) is 6.33. The summed E-state index contributed by atoms with van der Waals surface area (Å²) >= 11 is 0. The lowest BCUT2D eigenvalue weighted by Gasteiger charge is -2.32. The molecule has 1 saturated carbocycles. The van der Waals surface area contributed by atoms with Crippen LogP contribution in [0.5, 0.6) is 5.75 Å². The third-order valence-electron chi connectivity index (χ3n) is 6.58. The molecule has 0 spiro atoms. The van der Waals surface area contributed by atoms with Crippen LogP contribution in [0.15, 0.2) is 54.6 Å². The van der Waals surface area contributed by atoms with Gasteiger partial charge >= 0.3 is 6.09 Å². The molecular weight excluding hydrogens is 485 g/mol. The number of nitrogens with zero attached hydrogens (tertiary/aromatic N) is 1. The maximum Gasteiger partial charge on any atom is 0.417 e. The monoisotopic (exact) mass is 521 g/mol. The van der Waals surface area contributed by atoms with E-state index in [2.05, 4.69) is 0 Å². The molecule has 1 saturated heterocycles. The summed E-state index contributed by atoms with van der Waals surface area (Å²) < 4.78 is 27.3. The van der Waals surface area contributed by atoms with Gasteiger partial charge in [0, 0.05) is 5.92 Å². The fourth-order valence-corrected chi connectivity index (χ4v) is 5.06. The van der Waals surface area contributed by atoms with Crippen LogP contribution < -0.4 is 4.74 Å². The summed E-state index contributed by atoms with van der Waals surface area (Å²) in [6, 6.07) is 16.6. The highest BCUT2D eigenvalue weighted by atomic mass is 32.1. The van der Waals surface area contributed by atoms with Crippen LogP contribution in [-0.2, 0) is 16.1 Å². The summed E-state index contributed by atoms with van der Waals surface area (Å²) in [5.41, 5.74) is 0.896. The van der Waals surface area contributed by atoms with E-state index in [9.17, 15) is 9.59 Å². The molecule has 1 aliphatic heterocycles. The minimum atomic E-state index is -1.83. The predicted molar refractivity (Wildman–Crippen MR) is 144 cm³/mol. The Morgan fingerprint density at radius 1 is 1.11 bits per heavy atom. The average molecular weight is 522 g/mol. The van der Waals surface area contributed by atoms with Crippen molar-refractivity contribution in [2.24, 2.45) is 11.8 Å². The maximum absolute atomic E-state index is 15.9. The first-order chi connectivity index (χ1) is 15.7. The number of hydrogen-bond donors (Lipinski definition) is 0. The lowest BCUT2D eigenvalue weighted by molar-refractivity contribution is -0.136. The van der Waals surface area contributed by atoms with E-state index in [0.717, 1.165) is 28.9 Å². The molecule has 1 unspecified atom stereocenters. The number of carbonyl (C=O) groups excluding carboxylic acids is 2. The fourth-order valence-electron chi connectivity index (χ4n) is 5.06. The van der Waals surface area contributed by atoms with Gasteiger partial charge in [0.05, 0.1) is 6.04 Å². The summed E-state index contributed by atoms with van der Waals surface area (Å²) in [5.74, 6) is -0.795. The normalized spacial score (nSPS) is 20.3. The van der Waals surface area contributed by atoms with E-state index < -0.39 is 35.7 Å². The Hall–Kier alpha value is -2.19. The Morgan fingerprint density at radius 3 is 2.37 bits per heavy atom. The standard InChI is InChI=1S/C27H32FNO4.2H2S/c1-17(2)24-27(3,4)33-26(31)29(24)25(30)23(28)22(19-13-14-19)20-11-8-12-21(15-20)32-16-18-9-6-5-7-10-18;;/h5-12,15,17,19,22-24H,13-14,16H2,1-4H3;2*1H2/t22-,23?,24-;;/m0../s1. The molecule has 8 heteroatoms. The molecule has 2 aromatic rings. The van der Waals surface area contributed by atoms with Gasteiger partial charge in [0.1, 0.15) is 18.0 Å². The molecule has 2 aliphatic rings. The van der Waals surface area contributed by atoms with E-state index in [-0.39, 0.29) is 38.8 Å². The second-order valence-corrected chi connectivity index (χ2v) is 9.98. The Bertz CT molecular complexity index is 1010. The molecule has 3 atom stereocenters. The van der Waals surface area contributed by atoms with E-state index in [1.54, 1.807) is 13.8 Å². The maximum atomic E-state index is 15.9. The summed E-state index contributed by atoms with van der Waals surface area (Å²) in [4.78, 5) is 26.9. The first-order valence-electron chi connectivity index (χ1n) is 11.7. The largest absolute Gasteiger partial charge is 0.489 e. The zero-order valence-electron chi connectivity index (χ0n) is 20.7. The zero-order valence-corrected chi connectivity index (χ0v) is 22.7. The van der Waals surface area contributed by atoms with Crippen LogP contribution in [0.4, 0.5) is 9.18 Å². The quantitative estimate of drug-likeness (QED) is 0.421. The summed E-state index contributed by atoms with van der Waals surface area (Å²) in [6.07, 6.45) is -0.876. The van der Waals surface area contributed by atoms with Gasteiger partial charge in [0.2, 0.25) is 0 Å². The fraction of sp³-hybridized carbons (Fsp3) is 0.481. The van der Waals surface area contributed by atoms with Crippen LogP contribution in [0.1, 0.15) is 57.6 Å². The number of halogens is 1. The zero-order chi connectivity index (χ0) is 23.8. The van der Waals surface area contributed by atoms with Gasteiger partial charge in [-0.2, -0.15) is 27.0 Å². The Kier molecular flexibility index (Phi) is 9.71. The van der Waals surface area contributed by atoms with Crippen molar-refractivity contribution < 1.29 is 23.5 Å². The van der Waals surface area contributed by atoms with Gasteiger partial charge in [-0.05, 0) is 61.8 Å². The van der Waals surface area contributed by atoms with Crippen molar-refractivity contribution in [3.8, 4) is 5.75 Å². The van der Waals surface area contributed by atoms with Gasteiger partial charge in [-0.3, -0.25) is 4.79 Å². The Balaban J connectivity index is 0.00000216. The first kappa shape index (κ1) is 29.0. The second kappa shape index (κ2) is 11.7. The van der Waals surface area contributed by atoms with Gasteiger partial charge < -0.3 is 9.47 Å². The van der Waals surface area contributed by atoms with Crippen LogP contribution in [-0.4, -0.2) is 34.7 Å². The number of cyclic esters (lactones) is 1. The van der Waals surface area contributed by atoms with E-state index in [0.29, 0.717) is 12.4 Å². The average Bonchev–Trinajstić information content (AvgIpc) is 3.56. The molecule has 0 aromatic heterocycles. The molecule has 5 nitrogen and oxygen atoms in total. The first-order valence-corrected chi connectivity index (χ1v) is 11.7. The number of amides is 2. The van der Waals surface area contributed by atoms with Crippen molar-refractivity contribution in [3.63, 3.8) is 0 Å². The number of rotatable bonds is 8. The summed E-state index contributed by atoms with van der Waals surface area (Å²) in [5, 5.41) is 0. The van der Waals surface area contributed by atoms with Gasteiger partial charge in [-0.1, -0.05) is 56.3 Å². The van der Waals surface area contributed by atoms with Gasteiger partial charge in [0.25, 0.3) is 5.91 Å². The van der Waals surface area contributed by atoms with E-state index in [1.165, 1.54) is 0 Å². The molecule has 0 radical (unpaired) electrons. The molecule has 35 heavy (non-hydrogen) atoms. The van der Waals surface area contributed by atoms with Gasteiger partial charge in [-0.15, -0.1) is 0 Å². The van der Waals surface area contributed by atoms with Crippen molar-refractivity contribution in [1.82, 2.24) is 4.90 Å². The van der Waals surface area contributed by atoms with Crippen LogP contribution in [0.3, 0.4) is 0 Å². The molecular formula is C27H36FNO4S2. The molecule has 2 fully saturated rings. The number of alkyl halides is 1. The molecule has 1 heterocycles. The van der Waals surface area contributed by atoms with Crippen LogP contribution in [0.25, 0.3) is 0 Å². The number of hydrogen-bond acceptors (Lipinski definition) is 4. The van der Waals surface area contributed by atoms with Crippen molar-refractivity contribution in [2.75, 3.05) is 0 Å². The number of carbonyl (C=O) groups is 2. The van der Waals surface area contributed by atoms with Crippen molar-refractivity contribution in [3.05, 3.63) is 65.7 Å². The molecule has 192 valence electrons. The molecule has 0 bridgehead atoms. The second-order valence-electron chi connectivity index (χ2n) is 9.98. The number of ether oxygens (including phenoxy) is 2. The lowest BCUT2D eigenvalue weighted by atomic mass is 9.86. The highest BCUT2D eigenvalue weighted by molar-refractivity contribution is 7.59. The molecule has 4 rings (SSSR count). The number of imide groups is 1. The highest BCUT2D eigenvalue weighted by Crippen LogP contribution is 2.47. The smallest absolute Gasteiger partial charge is 0.417 e. The molecule has 1 aliphatic carbocycles. The number of benzene rings is 2. The Morgan fingerprint density at radius 2 is 1.77 bits per heavy atom. The van der Waals surface area contributed by atoms with E-state index >= 15 is 4.39 Å². The highest BCUT2D eigenvalue weighted by Gasteiger charge is 2.55. The predicted octanol–water partition coefficient (Wildman–Crippen LogP) is 6.10. The van der Waals surface area contributed by atoms with Crippen molar-refractivity contribution >= 4 is 39.0 Å². The SMILES string of the molecule is CC(C)[C@@H]1N(C(=O)C(F)[C@H](c2cccc(OCc3ccccc3)c2)C2CC2)C(=O)OC1(C)C.S.S. The minimum Gasteiger partial charge on any atom is -0.489 e. The van der Waals surface area contributed by atoms with Crippen LogP contribution in [0.2, 0.25) is 0 Å². The van der Waals surface area contributed by atoms with E-state index in [4.69, 9.17) is 9.47 Å². The van der Waals surface area contributed by atoms with Crippen LogP contribution in [0, 0.1) is 11.8 Å². The van der Waals surface area contributed by atoms with E-state index in [1.807, 2.05) is 68.4 Å². The minimum absolute atomic E-state index is 0. The molecule has 2 aromatic carbocycles. The van der Waals surface area contributed by atoms with Gasteiger partial charge in [-0.25, -0.2) is 14.1 Å². The van der Waals surface area contributed by atoms with Gasteiger partial charge in [0.15, 0.2) is 6.17 Å². The Labute approximate surface area is 221 Å². The molecule has 0 N–H and O–H groups in total. The van der Waals surface area contributed by atoms with Crippen LogP contribution >= 0.6 is 27.0 Å². The van der Waals surface area contributed by atoms with Crippen molar-refractivity contribution in [1.29, 1.82) is 0 Å². The summed E-state index contributed by atoms with van der Waals surface area (Å²) in [7, 11) is 0. The lowest BCUT2D eigenvalue weighted by Crippen LogP contribution is -2.51. The third-order valence-corrected chi connectivity index (χ3v) is 6.58. The molecule has 2 amide bonds. The topological polar surface area (TPSA) is 55.8 Å².